The number of halogens is 3. The largest absolute Gasteiger partial charge is 0.228 e. The Bertz CT molecular complexity index is 771. The van der Waals surface area contributed by atoms with Crippen molar-refractivity contribution in [2.75, 3.05) is 6.26 Å². The number of aromatic nitrogens is 2. The third-order valence-electron chi connectivity index (χ3n) is 2.99. The summed E-state index contributed by atoms with van der Waals surface area (Å²) < 4.78 is 23.2. The van der Waals surface area contributed by atoms with Gasteiger partial charge in [-0.25, -0.2) is 18.4 Å². The molecule has 0 aliphatic heterocycles. The Hall–Kier alpha value is -0.880. The van der Waals surface area contributed by atoms with Crippen LogP contribution in [0.1, 0.15) is 18.0 Å². The summed E-state index contributed by atoms with van der Waals surface area (Å²) in [5.74, 6) is 0.0586. The first-order chi connectivity index (χ1) is 9.71. The molecule has 4 nitrogen and oxygen atoms in total. The van der Waals surface area contributed by atoms with Crippen LogP contribution in [-0.2, 0) is 9.84 Å². The van der Waals surface area contributed by atoms with Crippen molar-refractivity contribution in [3.63, 3.8) is 0 Å². The highest BCUT2D eigenvalue weighted by molar-refractivity contribution is 7.90. The minimum atomic E-state index is -3.34. The highest BCUT2D eigenvalue weighted by Gasteiger charge is 2.24. The average Bonchev–Trinajstić information content (AvgIpc) is 2.38. The van der Waals surface area contributed by atoms with E-state index < -0.39 is 15.1 Å². The molecule has 1 unspecified atom stereocenters. The van der Waals surface area contributed by atoms with E-state index in [9.17, 15) is 8.42 Å². The van der Waals surface area contributed by atoms with Crippen LogP contribution in [0.3, 0.4) is 0 Å². The molecule has 8 heteroatoms. The predicted octanol–water partition coefficient (Wildman–Crippen LogP) is 4.21. The topological polar surface area (TPSA) is 59.9 Å². The lowest BCUT2D eigenvalue weighted by atomic mass is 10.1. The molecule has 2 rings (SSSR count). The van der Waals surface area contributed by atoms with Crippen LogP contribution in [0.25, 0.3) is 11.1 Å². The standard InChI is InChI=1S/C13H11Cl3N2O2S/c1-7(21(2,19)20)13-17-11(15)10(12(16)18-13)8-5-3-4-6-9(8)14/h3-7H,1-2H3. The summed E-state index contributed by atoms with van der Waals surface area (Å²) in [5, 5.41) is -0.316. The predicted molar refractivity (Wildman–Crippen MR) is 85.8 cm³/mol. The summed E-state index contributed by atoms with van der Waals surface area (Å²) in [6.45, 7) is 1.48. The van der Waals surface area contributed by atoms with E-state index in [1.54, 1.807) is 24.3 Å². The molecule has 0 bridgehead atoms. The second kappa shape index (κ2) is 6.08. The van der Waals surface area contributed by atoms with Crippen LogP contribution in [0.4, 0.5) is 0 Å². The highest BCUT2D eigenvalue weighted by Crippen LogP contribution is 2.37. The zero-order chi connectivity index (χ0) is 15.8. The van der Waals surface area contributed by atoms with E-state index in [1.165, 1.54) is 6.92 Å². The summed E-state index contributed by atoms with van der Waals surface area (Å²) in [5.41, 5.74) is 0.973. The molecule has 0 radical (unpaired) electrons. The lowest BCUT2D eigenvalue weighted by Crippen LogP contribution is -2.12. The van der Waals surface area contributed by atoms with Gasteiger partial charge in [0.15, 0.2) is 9.84 Å². The maximum Gasteiger partial charge on any atom is 0.157 e. The fourth-order valence-electron chi connectivity index (χ4n) is 1.68. The van der Waals surface area contributed by atoms with Gasteiger partial charge >= 0.3 is 0 Å². The molecule has 0 aliphatic rings. The van der Waals surface area contributed by atoms with E-state index in [4.69, 9.17) is 34.8 Å². The normalized spacial score (nSPS) is 13.2. The Labute approximate surface area is 138 Å². The first-order valence-corrected chi connectivity index (χ1v) is 8.97. The van der Waals surface area contributed by atoms with Gasteiger partial charge in [0.2, 0.25) is 0 Å². The molecule has 112 valence electrons. The molecule has 0 amide bonds. The van der Waals surface area contributed by atoms with E-state index in [2.05, 4.69) is 9.97 Å². The first kappa shape index (κ1) is 16.5. The van der Waals surface area contributed by atoms with Crippen molar-refractivity contribution < 1.29 is 8.42 Å². The van der Waals surface area contributed by atoms with Crippen LogP contribution in [0.2, 0.25) is 15.3 Å². The zero-order valence-electron chi connectivity index (χ0n) is 11.1. The van der Waals surface area contributed by atoms with E-state index in [0.717, 1.165) is 6.26 Å². The minimum Gasteiger partial charge on any atom is -0.228 e. The van der Waals surface area contributed by atoms with E-state index in [-0.39, 0.29) is 16.1 Å². The number of nitrogens with zero attached hydrogens (tertiary/aromatic N) is 2. The van der Waals surface area contributed by atoms with Crippen molar-refractivity contribution in [1.29, 1.82) is 0 Å². The smallest absolute Gasteiger partial charge is 0.157 e. The molecule has 0 fully saturated rings. The van der Waals surface area contributed by atoms with Gasteiger partial charge < -0.3 is 0 Å². The van der Waals surface area contributed by atoms with Crippen LogP contribution >= 0.6 is 34.8 Å². The molecule has 0 saturated carbocycles. The van der Waals surface area contributed by atoms with Gasteiger partial charge in [-0.15, -0.1) is 0 Å². The number of hydrogen-bond acceptors (Lipinski definition) is 4. The Morgan fingerprint density at radius 2 is 1.57 bits per heavy atom. The molecule has 2 aromatic rings. The molecule has 1 atom stereocenters. The van der Waals surface area contributed by atoms with Crippen LogP contribution in [0.5, 0.6) is 0 Å². The molecular weight excluding hydrogens is 355 g/mol. The van der Waals surface area contributed by atoms with Gasteiger partial charge in [-0.1, -0.05) is 53.0 Å². The molecule has 0 N–H and O–H groups in total. The Morgan fingerprint density at radius 3 is 2.05 bits per heavy atom. The van der Waals surface area contributed by atoms with Gasteiger partial charge in [-0.05, 0) is 13.0 Å². The van der Waals surface area contributed by atoms with Gasteiger partial charge in [-0.2, -0.15) is 0 Å². The second-order valence-corrected chi connectivity index (χ2v) is 7.98. The van der Waals surface area contributed by atoms with Crippen molar-refractivity contribution >= 4 is 44.6 Å². The monoisotopic (exact) mass is 364 g/mol. The van der Waals surface area contributed by atoms with Crippen LogP contribution in [0, 0.1) is 0 Å². The van der Waals surface area contributed by atoms with Crippen molar-refractivity contribution in [3.8, 4) is 11.1 Å². The van der Waals surface area contributed by atoms with Gasteiger partial charge in [0.05, 0.1) is 5.56 Å². The quantitative estimate of drug-likeness (QED) is 0.764. The third-order valence-corrected chi connectivity index (χ3v) is 5.36. The van der Waals surface area contributed by atoms with E-state index in [0.29, 0.717) is 16.1 Å². The Morgan fingerprint density at radius 1 is 1.05 bits per heavy atom. The van der Waals surface area contributed by atoms with Gasteiger partial charge in [0.25, 0.3) is 0 Å². The van der Waals surface area contributed by atoms with Crippen LogP contribution in [-0.4, -0.2) is 24.6 Å². The summed E-state index contributed by atoms with van der Waals surface area (Å²) in [6, 6.07) is 6.98. The first-order valence-electron chi connectivity index (χ1n) is 5.88. The maximum absolute atomic E-state index is 11.6. The molecule has 0 spiro atoms. The maximum atomic E-state index is 11.6. The van der Waals surface area contributed by atoms with Crippen molar-refractivity contribution in [3.05, 3.63) is 45.4 Å². The molecule has 21 heavy (non-hydrogen) atoms. The van der Waals surface area contributed by atoms with Crippen molar-refractivity contribution in [2.45, 2.75) is 12.2 Å². The number of sulfone groups is 1. The third kappa shape index (κ3) is 3.48. The minimum absolute atomic E-state index is 0.0586. The second-order valence-electron chi connectivity index (χ2n) is 4.49. The summed E-state index contributed by atoms with van der Waals surface area (Å²) in [6.07, 6.45) is 1.10. The highest BCUT2D eigenvalue weighted by atomic mass is 35.5. The molecule has 0 saturated heterocycles. The molecular formula is C13H11Cl3N2O2S. The molecule has 1 aromatic carbocycles. The SMILES string of the molecule is CC(c1nc(Cl)c(-c2ccccc2Cl)c(Cl)n1)S(C)(=O)=O. The van der Waals surface area contributed by atoms with Gasteiger partial charge in [0.1, 0.15) is 21.4 Å². The molecule has 1 heterocycles. The molecule has 1 aromatic heterocycles. The average molecular weight is 366 g/mol. The van der Waals surface area contributed by atoms with Crippen LogP contribution < -0.4 is 0 Å². The number of hydrogen-bond donors (Lipinski definition) is 0. The summed E-state index contributed by atoms with van der Waals surface area (Å²) in [7, 11) is -3.34. The fraction of sp³-hybridized carbons (Fsp3) is 0.231. The van der Waals surface area contributed by atoms with Gasteiger partial charge in [0, 0.05) is 16.8 Å². The number of benzene rings is 1. The molecule has 0 aliphatic carbocycles. The zero-order valence-corrected chi connectivity index (χ0v) is 14.2. The summed E-state index contributed by atoms with van der Waals surface area (Å²) in [4.78, 5) is 8.10. The lowest BCUT2D eigenvalue weighted by Gasteiger charge is -2.12. The van der Waals surface area contributed by atoms with Gasteiger partial charge in [-0.3, -0.25) is 0 Å². The van der Waals surface area contributed by atoms with E-state index in [1.807, 2.05) is 0 Å². The Balaban J connectivity index is 2.61. The van der Waals surface area contributed by atoms with Crippen molar-refractivity contribution in [2.24, 2.45) is 0 Å². The van der Waals surface area contributed by atoms with Crippen molar-refractivity contribution in [1.82, 2.24) is 9.97 Å². The fourth-order valence-corrected chi connectivity index (χ4v) is 3.01. The van der Waals surface area contributed by atoms with E-state index >= 15 is 0 Å². The summed E-state index contributed by atoms with van der Waals surface area (Å²) >= 11 is 18.4. The lowest BCUT2D eigenvalue weighted by molar-refractivity contribution is 0.589. The number of rotatable bonds is 3. The Kier molecular flexibility index (Phi) is 4.78. The van der Waals surface area contributed by atoms with Crippen LogP contribution in [0.15, 0.2) is 24.3 Å².